The minimum atomic E-state index is -3.49. The van der Waals surface area contributed by atoms with Crippen LogP contribution in [0.15, 0.2) is 16.3 Å². The van der Waals surface area contributed by atoms with Crippen molar-refractivity contribution in [1.82, 2.24) is 9.21 Å². The fourth-order valence-electron chi connectivity index (χ4n) is 2.07. The first-order valence-electron chi connectivity index (χ1n) is 6.11. The highest BCUT2D eigenvalue weighted by molar-refractivity contribution is 7.91. The molecule has 0 radical (unpaired) electrons. The standard InChI is InChI=1S/C11H16ClN3O3S2/c1-8(11(13)16)14-4-6-15(7-5-14)20(17,18)10-3-2-9(12)19-10/h2-3,8H,4-7H2,1H3,(H2,13,16). The summed E-state index contributed by atoms with van der Waals surface area (Å²) in [6, 6.07) is 2.71. The first kappa shape index (κ1) is 15.7. The van der Waals surface area contributed by atoms with Crippen molar-refractivity contribution in [2.45, 2.75) is 17.2 Å². The molecule has 0 bridgehead atoms. The van der Waals surface area contributed by atoms with Crippen molar-refractivity contribution < 1.29 is 13.2 Å². The van der Waals surface area contributed by atoms with E-state index in [9.17, 15) is 13.2 Å². The van der Waals surface area contributed by atoms with Crippen molar-refractivity contribution in [2.24, 2.45) is 5.73 Å². The normalized spacial score (nSPS) is 19.9. The van der Waals surface area contributed by atoms with E-state index in [1.807, 2.05) is 4.90 Å². The molecule has 6 nitrogen and oxygen atoms in total. The molecule has 1 amide bonds. The summed E-state index contributed by atoms with van der Waals surface area (Å²) in [6.45, 7) is 3.39. The summed E-state index contributed by atoms with van der Waals surface area (Å²) >= 11 is 6.83. The van der Waals surface area contributed by atoms with E-state index in [0.717, 1.165) is 11.3 Å². The van der Waals surface area contributed by atoms with E-state index < -0.39 is 15.9 Å². The number of primary amides is 1. The fourth-order valence-corrected chi connectivity index (χ4v) is 5.13. The van der Waals surface area contributed by atoms with Crippen LogP contribution >= 0.6 is 22.9 Å². The van der Waals surface area contributed by atoms with Gasteiger partial charge in [0.2, 0.25) is 5.91 Å². The highest BCUT2D eigenvalue weighted by Crippen LogP contribution is 2.28. The summed E-state index contributed by atoms with van der Waals surface area (Å²) in [4.78, 5) is 13.0. The zero-order valence-electron chi connectivity index (χ0n) is 11.0. The van der Waals surface area contributed by atoms with Crippen LogP contribution in [0.3, 0.4) is 0 Å². The maximum absolute atomic E-state index is 12.4. The Morgan fingerprint density at radius 1 is 1.35 bits per heavy atom. The third-order valence-electron chi connectivity index (χ3n) is 3.38. The molecule has 0 spiro atoms. The van der Waals surface area contributed by atoms with Gasteiger partial charge in [-0.25, -0.2) is 8.42 Å². The minimum Gasteiger partial charge on any atom is -0.368 e. The average molecular weight is 338 g/mol. The van der Waals surface area contributed by atoms with Gasteiger partial charge in [0, 0.05) is 26.2 Å². The van der Waals surface area contributed by atoms with Crippen LogP contribution in [0.5, 0.6) is 0 Å². The minimum absolute atomic E-state index is 0.249. The number of thiophene rings is 1. The van der Waals surface area contributed by atoms with Gasteiger partial charge in [-0.1, -0.05) is 11.6 Å². The van der Waals surface area contributed by atoms with Crippen LogP contribution in [-0.2, 0) is 14.8 Å². The van der Waals surface area contributed by atoms with Gasteiger partial charge in [0.15, 0.2) is 0 Å². The number of amides is 1. The second kappa shape index (κ2) is 5.98. The van der Waals surface area contributed by atoms with Gasteiger partial charge in [0.25, 0.3) is 10.0 Å². The van der Waals surface area contributed by atoms with Gasteiger partial charge in [-0.15, -0.1) is 11.3 Å². The van der Waals surface area contributed by atoms with Crippen LogP contribution in [0.1, 0.15) is 6.92 Å². The van der Waals surface area contributed by atoms with E-state index in [4.69, 9.17) is 17.3 Å². The molecule has 1 unspecified atom stereocenters. The largest absolute Gasteiger partial charge is 0.368 e. The lowest BCUT2D eigenvalue weighted by Crippen LogP contribution is -2.54. The van der Waals surface area contributed by atoms with Gasteiger partial charge in [-0.05, 0) is 19.1 Å². The summed E-state index contributed by atoms with van der Waals surface area (Å²) < 4.78 is 26.9. The molecule has 2 heterocycles. The van der Waals surface area contributed by atoms with E-state index in [2.05, 4.69) is 0 Å². The van der Waals surface area contributed by atoms with E-state index in [0.29, 0.717) is 30.5 Å². The average Bonchev–Trinajstić information content (AvgIpc) is 2.85. The monoisotopic (exact) mass is 337 g/mol. The Labute approximate surface area is 127 Å². The molecule has 1 atom stereocenters. The zero-order valence-corrected chi connectivity index (χ0v) is 13.3. The number of carbonyl (C=O) groups is 1. The van der Waals surface area contributed by atoms with Crippen molar-refractivity contribution >= 4 is 38.9 Å². The first-order valence-corrected chi connectivity index (χ1v) is 8.74. The van der Waals surface area contributed by atoms with Crippen LogP contribution in [0, 0.1) is 0 Å². The number of sulfonamides is 1. The Kier molecular flexibility index (Phi) is 4.70. The molecular weight excluding hydrogens is 322 g/mol. The van der Waals surface area contributed by atoms with Gasteiger partial charge in [0.05, 0.1) is 10.4 Å². The summed E-state index contributed by atoms with van der Waals surface area (Å²) in [5, 5.41) is 0. The Balaban J connectivity index is 2.05. The van der Waals surface area contributed by atoms with Crippen molar-refractivity contribution in [3.8, 4) is 0 Å². The molecule has 1 saturated heterocycles. The molecule has 0 aliphatic carbocycles. The van der Waals surface area contributed by atoms with Gasteiger partial charge in [0.1, 0.15) is 4.21 Å². The van der Waals surface area contributed by atoms with Crippen molar-refractivity contribution in [2.75, 3.05) is 26.2 Å². The highest BCUT2D eigenvalue weighted by Gasteiger charge is 2.31. The summed E-state index contributed by atoms with van der Waals surface area (Å²) in [7, 11) is -3.49. The maximum Gasteiger partial charge on any atom is 0.252 e. The molecule has 112 valence electrons. The van der Waals surface area contributed by atoms with E-state index in [1.54, 1.807) is 13.0 Å². The Hall–Kier alpha value is -0.670. The van der Waals surface area contributed by atoms with Crippen molar-refractivity contribution in [3.05, 3.63) is 16.5 Å². The molecule has 1 fully saturated rings. The number of halogens is 1. The van der Waals surface area contributed by atoms with Crippen LogP contribution < -0.4 is 5.73 Å². The number of nitrogens with zero attached hydrogens (tertiary/aromatic N) is 2. The summed E-state index contributed by atoms with van der Waals surface area (Å²) in [5.41, 5.74) is 5.26. The topological polar surface area (TPSA) is 83.7 Å². The van der Waals surface area contributed by atoms with Gasteiger partial charge in [-0.3, -0.25) is 9.69 Å². The van der Waals surface area contributed by atoms with Gasteiger partial charge < -0.3 is 5.73 Å². The van der Waals surface area contributed by atoms with E-state index in [1.165, 1.54) is 10.4 Å². The summed E-state index contributed by atoms with van der Waals surface area (Å²) in [6.07, 6.45) is 0. The lowest BCUT2D eigenvalue weighted by Gasteiger charge is -2.35. The smallest absolute Gasteiger partial charge is 0.252 e. The van der Waals surface area contributed by atoms with E-state index >= 15 is 0 Å². The predicted octanol–water partition coefficient (Wildman–Crippen LogP) is 0.582. The first-order chi connectivity index (χ1) is 9.32. The second-order valence-electron chi connectivity index (χ2n) is 4.58. The third-order valence-corrected chi connectivity index (χ3v) is 6.97. The number of carbonyl (C=O) groups excluding carboxylic acids is 1. The molecule has 20 heavy (non-hydrogen) atoms. The van der Waals surface area contributed by atoms with Crippen LogP contribution in [-0.4, -0.2) is 55.8 Å². The number of nitrogens with two attached hydrogens (primary N) is 1. The maximum atomic E-state index is 12.4. The van der Waals surface area contributed by atoms with E-state index in [-0.39, 0.29) is 10.3 Å². The molecule has 1 aromatic heterocycles. The van der Waals surface area contributed by atoms with Gasteiger partial charge >= 0.3 is 0 Å². The molecule has 1 aliphatic heterocycles. The SMILES string of the molecule is CC(C(N)=O)N1CCN(S(=O)(=O)c2ccc(Cl)s2)CC1. The number of piperazine rings is 1. The molecule has 9 heteroatoms. The third kappa shape index (κ3) is 3.15. The molecule has 0 aromatic carbocycles. The molecule has 2 N–H and O–H groups in total. The molecule has 1 aliphatic rings. The lowest BCUT2D eigenvalue weighted by molar-refractivity contribution is -0.123. The Morgan fingerprint density at radius 2 is 1.95 bits per heavy atom. The Bertz CT molecular complexity index is 594. The predicted molar refractivity (Wildman–Crippen MR) is 78.3 cm³/mol. The number of hydrogen-bond donors (Lipinski definition) is 1. The molecule has 0 saturated carbocycles. The quantitative estimate of drug-likeness (QED) is 0.871. The summed E-state index contributed by atoms with van der Waals surface area (Å²) in [5.74, 6) is -0.397. The fraction of sp³-hybridized carbons (Fsp3) is 0.545. The second-order valence-corrected chi connectivity index (χ2v) is 8.46. The zero-order chi connectivity index (χ0) is 14.9. The van der Waals surface area contributed by atoms with Crippen molar-refractivity contribution in [1.29, 1.82) is 0 Å². The van der Waals surface area contributed by atoms with Crippen LogP contribution in [0.4, 0.5) is 0 Å². The van der Waals surface area contributed by atoms with Crippen molar-refractivity contribution in [3.63, 3.8) is 0 Å². The molecular formula is C11H16ClN3O3S2. The lowest BCUT2D eigenvalue weighted by atomic mass is 10.2. The van der Waals surface area contributed by atoms with Crippen LogP contribution in [0.2, 0.25) is 4.34 Å². The highest BCUT2D eigenvalue weighted by atomic mass is 35.5. The van der Waals surface area contributed by atoms with Gasteiger partial charge in [-0.2, -0.15) is 4.31 Å². The molecule has 2 rings (SSSR count). The molecule has 1 aromatic rings. The van der Waals surface area contributed by atoms with Crippen LogP contribution in [0.25, 0.3) is 0 Å². The Morgan fingerprint density at radius 3 is 2.40 bits per heavy atom. The number of hydrogen-bond acceptors (Lipinski definition) is 5. The number of rotatable bonds is 4.